The minimum atomic E-state index is -0.319. The van der Waals surface area contributed by atoms with E-state index in [9.17, 15) is 9.18 Å². The van der Waals surface area contributed by atoms with Gasteiger partial charge in [-0.15, -0.1) is 0 Å². The molecule has 2 atom stereocenters. The van der Waals surface area contributed by atoms with E-state index in [4.69, 9.17) is 4.74 Å². The van der Waals surface area contributed by atoms with Gasteiger partial charge in [-0.05, 0) is 46.5 Å². The summed E-state index contributed by atoms with van der Waals surface area (Å²) in [4.78, 5) is 11.0. The maximum atomic E-state index is 12.6. The van der Waals surface area contributed by atoms with Crippen LogP contribution in [0.25, 0.3) is 0 Å². The second-order valence-corrected chi connectivity index (χ2v) is 5.30. The highest BCUT2D eigenvalue weighted by molar-refractivity contribution is 5.82. The number of halogens is 1. The number of hydrogen-bond acceptors (Lipinski definition) is 3. The zero-order valence-corrected chi connectivity index (χ0v) is 12.2. The number of rotatable bonds is 7. The predicted octanol–water partition coefficient (Wildman–Crippen LogP) is 3.70. The Morgan fingerprint density at radius 3 is 2.74 bits per heavy atom. The van der Waals surface area contributed by atoms with Crippen LogP contribution in [0.4, 0.5) is 4.39 Å². The van der Waals surface area contributed by atoms with Crippen LogP contribution in [-0.2, 0) is 14.3 Å². The van der Waals surface area contributed by atoms with E-state index in [2.05, 4.69) is 11.7 Å². The molecule has 0 radical (unpaired) electrons. The van der Waals surface area contributed by atoms with E-state index in [-0.39, 0.29) is 23.5 Å². The summed E-state index contributed by atoms with van der Waals surface area (Å²) in [6, 6.07) is 0. The van der Waals surface area contributed by atoms with Crippen molar-refractivity contribution in [1.29, 1.82) is 0 Å². The van der Waals surface area contributed by atoms with Gasteiger partial charge in [0, 0.05) is 6.08 Å². The second kappa shape index (κ2) is 6.85. The van der Waals surface area contributed by atoms with Crippen molar-refractivity contribution in [3.8, 4) is 0 Å². The van der Waals surface area contributed by atoms with Crippen LogP contribution >= 0.6 is 0 Å². The Bertz CT molecular complexity index is 383. The molecular formula is C15H23FO3. The molecule has 1 saturated heterocycles. The number of esters is 1. The maximum Gasteiger partial charge on any atom is 0.330 e. The molecule has 0 N–H and O–H groups in total. The molecule has 0 aromatic rings. The number of methoxy groups -OCH3 is 1. The van der Waals surface area contributed by atoms with E-state index >= 15 is 0 Å². The highest BCUT2D eigenvalue weighted by Crippen LogP contribution is 2.43. The number of allylic oxidation sites excluding steroid dienone is 3. The SMILES string of the molecule is COC(=O)/C=C(\C)CCC1OC1(C)CC/C=C(\C)F. The minimum absolute atomic E-state index is 0.127. The van der Waals surface area contributed by atoms with Gasteiger partial charge < -0.3 is 9.47 Å². The van der Waals surface area contributed by atoms with Crippen LogP contribution in [0, 0.1) is 0 Å². The van der Waals surface area contributed by atoms with Crippen LogP contribution in [0.2, 0.25) is 0 Å². The summed E-state index contributed by atoms with van der Waals surface area (Å²) in [5, 5.41) is 0. The molecule has 0 aromatic heterocycles. The van der Waals surface area contributed by atoms with Crippen molar-refractivity contribution in [1.82, 2.24) is 0 Å². The Morgan fingerprint density at radius 2 is 2.16 bits per heavy atom. The van der Waals surface area contributed by atoms with Crippen LogP contribution in [0.15, 0.2) is 23.6 Å². The predicted molar refractivity (Wildman–Crippen MR) is 72.4 cm³/mol. The first-order valence-corrected chi connectivity index (χ1v) is 6.62. The van der Waals surface area contributed by atoms with E-state index in [0.29, 0.717) is 6.42 Å². The Hall–Kier alpha value is -1.16. The summed E-state index contributed by atoms with van der Waals surface area (Å²) >= 11 is 0. The summed E-state index contributed by atoms with van der Waals surface area (Å²) in [6.45, 7) is 5.42. The monoisotopic (exact) mass is 270 g/mol. The quantitative estimate of drug-likeness (QED) is 0.402. The van der Waals surface area contributed by atoms with E-state index < -0.39 is 0 Å². The molecule has 1 aliphatic rings. The molecule has 0 saturated carbocycles. The fraction of sp³-hybridized carbons (Fsp3) is 0.667. The zero-order valence-electron chi connectivity index (χ0n) is 12.2. The van der Waals surface area contributed by atoms with Crippen molar-refractivity contribution < 1.29 is 18.7 Å². The molecule has 3 nitrogen and oxygen atoms in total. The zero-order chi connectivity index (χ0) is 14.5. The largest absolute Gasteiger partial charge is 0.466 e. The summed E-state index contributed by atoms with van der Waals surface area (Å²) < 4.78 is 22.8. The van der Waals surface area contributed by atoms with Crippen molar-refractivity contribution in [3.63, 3.8) is 0 Å². The van der Waals surface area contributed by atoms with Crippen LogP contribution in [-0.4, -0.2) is 24.8 Å². The highest BCUT2D eigenvalue weighted by atomic mass is 19.1. The molecule has 2 unspecified atom stereocenters. The third kappa shape index (κ3) is 5.55. The molecule has 0 spiro atoms. The average molecular weight is 270 g/mol. The van der Waals surface area contributed by atoms with Gasteiger partial charge >= 0.3 is 5.97 Å². The topological polar surface area (TPSA) is 38.8 Å². The third-order valence-corrected chi connectivity index (χ3v) is 3.47. The fourth-order valence-electron chi connectivity index (χ4n) is 2.12. The molecule has 0 aliphatic carbocycles. The molecule has 1 heterocycles. The summed E-state index contributed by atoms with van der Waals surface area (Å²) in [5.74, 6) is -0.460. The first-order valence-electron chi connectivity index (χ1n) is 6.62. The lowest BCUT2D eigenvalue weighted by Gasteiger charge is -2.04. The number of carbonyl (C=O) groups excluding carboxylic acids is 1. The van der Waals surface area contributed by atoms with Crippen LogP contribution < -0.4 is 0 Å². The molecule has 4 heteroatoms. The number of carbonyl (C=O) groups is 1. The van der Waals surface area contributed by atoms with Crippen molar-refractivity contribution in [2.24, 2.45) is 0 Å². The standard InChI is InChI=1S/C15H23FO3/c1-11(10-14(17)18-4)7-8-13-15(3,19-13)9-5-6-12(2)16/h6,10,13H,5,7-9H2,1-4H3/b11-10+,12-6+. The van der Waals surface area contributed by atoms with E-state index in [1.165, 1.54) is 20.1 Å². The molecule has 1 rings (SSSR count). The van der Waals surface area contributed by atoms with E-state index in [1.54, 1.807) is 6.08 Å². The molecule has 19 heavy (non-hydrogen) atoms. The highest BCUT2D eigenvalue weighted by Gasteiger charge is 2.50. The van der Waals surface area contributed by atoms with Crippen LogP contribution in [0.5, 0.6) is 0 Å². The van der Waals surface area contributed by atoms with Crippen molar-refractivity contribution in [3.05, 3.63) is 23.6 Å². The van der Waals surface area contributed by atoms with Crippen molar-refractivity contribution >= 4 is 5.97 Å². The average Bonchev–Trinajstić information content (AvgIpc) is 2.97. The Morgan fingerprint density at radius 1 is 1.47 bits per heavy atom. The third-order valence-electron chi connectivity index (χ3n) is 3.47. The van der Waals surface area contributed by atoms with Crippen molar-refractivity contribution in [2.75, 3.05) is 7.11 Å². The summed E-state index contributed by atoms with van der Waals surface area (Å²) in [7, 11) is 1.37. The van der Waals surface area contributed by atoms with Gasteiger partial charge in [-0.1, -0.05) is 11.6 Å². The van der Waals surface area contributed by atoms with E-state index in [0.717, 1.165) is 24.8 Å². The molecule has 1 fully saturated rings. The first-order chi connectivity index (χ1) is 8.87. The van der Waals surface area contributed by atoms with Gasteiger partial charge in [0.25, 0.3) is 0 Å². The minimum Gasteiger partial charge on any atom is -0.466 e. The Labute approximate surface area is 114 Å². The molecule has 1 aliphatic heterocycles. The number of hydrogen-bond donors (Lipinski definition) is 0. The lowest BCUT2D eigenvalue weighted by atomic mass is 9.97. The molecular weight excluding hydrogens is 247 g/mol. The maximum absolute atomic E-state index is 12.6. The number of ether oxygens (including phenoxy) is 2. The van der Waals surface area contributed by atoms with Gasteiger partial charge in [-0.2, -0.15) is 0 Å². The Kier molecular flexibility index (Phi) is 5.73. The normalized spacial score (nSPS) is 27.3. The Balaban J connectivity index is 2.28. The van der Waals surface area contributed by atoms with Gasteiger partial charge in [0.1, 0.15) is 0 Å². The smallest absolute Gasteiger partial charge is 0.330 e. The van der Waals surface area contributed by atoms with Gasteiger partial charge in [-0.3, -0.25) is 0 Å². The second-order valence-electron chi connectivity index (χ2n) is 5.30. The van der Waals surface area contributed by atoms with Gasteiger partial charge in [0.2, 0.25) is 0 Å². The van der Waals surface area contributed by atoms with E-state index in [1.807, 2.05) is 6.92 Å². The van der Waals surface area contributed by atoms with Crippen LogP contribution in [0.1, 0.15) is 46.5 Å². The van der Waals surface area contributed by atoms with Gasteiger partial charge in [0.05, 0.1) is 24.6 Å². The summed E-state index contributed by atoms with van der Waals surface area (Å²) in [6.07, 6.45) is 6.54. The molecule has 0 aromatic carbocycles. The van der Waals surface area contributed by atoms with Crippen molar-refractivity contribution in [2.45, 2.75) is 58.2 Å². The first kappa shape index (κ1) is 15.9. The lowest BCUT2D eigenvalue weighted by molar-refractivity contribution is -0.134. The number of epoxide rings is 1. The van der Waals surface area contributed by atoms with Gasteiger partial charge in [-0.25, -0.2) is 9.18 Å². The van der Waals surface area contributed by atoms with Gasteiger partial charge in [0.15, 0.2) is 0 Å². The van der Waals surface area contributed by atoms with Crippen LogP contribution in [0.3, 0.4) is 0 Å². The molecule has 0 bridgehead atoms. The summed E-state index contributed by atoms with van der Waals surface area (Å²) in [5.41, 5.74) is 0.863. The lowest BCUT2D eigenvalue weighted by Crippen LogP contribution is -2.09. The molecule has 0 amide bonds. The molecule has 108 valence electrons. The fourth-order valence-corrected chi connectivity index (χ4v) is 2.12.